The van der Waals surface area contributed by atoms with Crippen LogP contribution in [0.15, 0.2) is 18.2 Å². The van der Waals surface area contributed by atoms with Crippen molar-refractivity contribution in [2.45, 2.75) is 46.1 Å². The normalized spacial score (nSPS) is 14.5. The lowest BCUT2D eigenvalue weighted by molar-refractivity contribution is 0.402. The Kier molecular flexibility index (Phi) is 6.66. The van der Waals surface area contributed by atoms with Crippen molar-refractivity contribution in [3.8, 4) is 0 Å². The predicted octanol–water partition coefficient (Wildman–Crippen LogP) is 4.96. The van der Waals surface area contributed by atoms with Gasteiger partial charge in [-0.15, -0.1) is 0 Å². The summed E-state index contributed by atoms with van der Waals surface area (Å²) in [5.74, 6) is 0.293. The highest BCUT2D eigenvalue weighted by Gasteiger charge is 2.15. The smallest absolute Gasteiger partial charge is 0.141 e. The minimum atomic E-state index is -0.349. The van der Waals surface area contributed by atoms with Gasteiger partial charge >= 0.3 is 0 Å². The lowest BCUT2D eigenvalue weighted by Gasteiger charge is -2.22. The van der Waals surface area contributed by atoms with Gasteiger partial charge in [-0.3, -0.25) is 0 Å². The molecule has 0 aliphatic rings. The number of rotatable bonds is 7. The molecule has 1 aromatic carbocycles. The predicted molar refractivity (Wildman–Crippen MR) is 76.5 cm³/mol. The molecule has 0 saturated heterocycles. The Balaban J connectivity index is 2.82. The summed E-state index contributed by atoms with van der Waals surface area (Å²) in [6, 6.07) is 5.29. The fraction of sp³-hybridized carbons (Fsp3) is 0.600. The third-order valence-corrected chi connectivity index (χ3v) is 3.61. The average molecular weight is 272 g/mol. The van der Waals surface area contributed by atoms with Gasteiger partial charge < -0.3 is 5.32 Å². The van der Waals surface area contributed by atoms with Crippen LogP contribution in [0.3, 0.4) is 0 Å². The van der Waals surface area contributed by atoms with Gasteiger partial charge in [-0.1, -0.05) is 44.9 Å². The maximum absolute atomic E-state index is 13.2. The van der Waals surface area contributed by atoms with E-state index in [1.54, 1.807) is 6.07 Å². The second kappa shape index (κ2) is 7.75. The lowest BCUT2D eigenvalue weighted by atomic mass is 9.94. The van der Waals surface area contributed by atoms with Crippen molar-refractivity contribution in [3.63, 3.8) is 0 Å². The third kappa shape index (κ3) is 4.58. The molecular weight excluding hydrogens is 249 g/mol. The first-order chi connectivity index (χ1) is 8.58. The second-order valence-electron chi connectivity index (χ2n) is 4.93. The molecule has 2 unspecified atom stereocenters. The zero-order valence-electron chi connectivity index (χ0n) is 11.5. The molecule has 0 saturated carbocycles. The van der Waals surface area contributed by atoms with Gasteiger partial charge in [0.25, 0.3) is 0 Å². The highest BCUT2D eigenvalue weighted by molar-refractivity contribution is 6.30. The average Bonchev–Trinajstić information content (AvgIpc) is 2.37. The van der Waals surface area contributed by atoms with Crippen LogP contribution in [0.25, 0.3) is 0 Å². The van der Waals surface area contributed by atoms with Gasteiger partial charge in [-0.05, 0) is 43.0 Å². The number of nitrogens with one attached hydrogen (secondary N) is 1. The van der Waals surface area contributed by atoms with Crippen molar-refractivity contribution in [2.24, 2.45) is 5.92 Å². The largest absolute Gasteiger partial charge is 0.310 e. The van der Waals surface area contributed by atoms with Gasteiger partial charge in [0.15, 0.2) is 0 Å². The molecule has 0 aromatic heterocycles. The van der Waals surface area contributed by atoms with Crippen LogP contribution in [-0.2, 0) is 0 Å². The Labute approximate surface area is 115 Å². The fourth-order valence-electron chi connectivity index (χ4n) is 1.95. The summed E-state index contributed by atoms with van der Waals surface area (Å²) in [4.78, 5) is 0. The van der Waals surface area contributed by atoms with E-state index in [2.05, 4.69) is 26.1 Å². The van der Waals surface area contributed by atoms with Gasteiger partial charge in [0.1, 0.15) is 5.82 Å². The Morgan fingerprint density at radius 3 is 2.61 bits per heavy atom. The van der Waals surface area contributed by atoms with Crippen molar-refractivity contribution >= 4 is 11.6 Å². The van der Waals surface area contributed by atoms with Crippen molar-refractivity contribution in [1.29, 1.82) is 0 Å². The maximum atomic E-state index is 13.2. The topological polar surface area (TPSA) is 12.0 Å². The molecule has 0 aliphatic heterocycles. The Bertz CT molecular complexity index is 368. The molecule has 0 fully saturated rings. The first kappa shape index (κ1) is 15.5. The Morgan fingerprint density at radius 2 is 2.06 bits per heavy atom. The lowest BCUT2D eigenvalue weighted by Crippen LogP contribution is -2.24. The van der Waals surface area contributed by atoms with E-state index in [-0.39, 0.29) is 16.9 Å². The number of hydrogen-bond acceptors (Lipinski definition) is 1. The van der Waals surface area contributed by atoms with Crippen molar-refractivity contribution in [2.75, 3.05) is 6.54 Å². The van der Waals surface area contributed by atoms with Gasteiger partial charge in [-0.25, -0.2) is 4.39 Å². The van der Waals surface area contributed by atoms with E-state index >= 15 is 0 Å². The quantitative estimate of drug-likeness (QED) is 0.739. The number of hydrogen-bond donors (Lipinski definition) is 1. The standard InChI is InChI=1S/C15H23ClFN/c1-4-8-18-15(9-11(3)5-2)12-6-7-14(17)13(16)10-12/h6-7,10-11,15,18H,4-5,8-9H2,1-3H3. The molecule has 0 aliphatic carbocycles. The molecule has 102 valence electrons. The molecule has 1 rings (SSSR count). The summed E-state index contributed by atoms with van der Waals surface area (Å²) in [6.07, 6.45) is 3.30. The molecule has 18 heavy (non-hydrogen) atoms. The minimum absolute atomic E-state index is 0.208. The summed E-state index contributed by atoms with van der Waals surface area (Å²) < 4.78 is 13.2. The molecule has 0 heterocycles. The van der Waals surface area contributed by atoms with E-state index in [1.807, 2.05) is 6.07 Å². The first-order valence-electron chi connectivity index (χ1n) is 6.76. The van der Waals surface area contributed by atoms with E-state index in [0.29, 0.717) is 5.92 Å². The van der Waals surface area contributed by atoms with Gasteiger partial charge in [-0.2, -0.15) is 0 Å². The molecule has 1 nitrogen and oxygen atoms in total. The summed E-state index contributed by atoms with van der Waals surface area (Å²) in [5.41, 5.74) is 1.08. The molecule has 0 spiro atoms. The van der Waals surface area contributed by atoms with Crippen LogP contribution in [0, 0.1) is 11.7 Å². The van der Waals surface area contributed by atoms with Crippen LogP contribution >= 0.6 is 11.6 Å². The van der Waals surface area contributed by atoms with Crippen LogP contribution in [0.1, 0.15) is 51.6 Å². The third-order valence-electron chi connectivity index (χ3n) is 3.32. The van der Waals surface area contributed by atoms with E-state index in [9.17, 15) is 4.39 Å². The molecule has 0 amide bonds. The van der Waals surface area contributed by atoms with E-state index in [1.165, 1.54) is 6.07 Å². The molecular formula is C15H23ClFN. The molecule has 1 aromatic rings. The minimum Gasteiger partial charge on any atom is -0.310 e. The maximum Gasteiger partial charge on any atom is 0.141 e. The summed E-state index contributed by atoms with van der Waals surface area (Å²) >= 11 is 5.86. The number of benzene rings is 1. The summed E-state index contributed by atoms with van der Waals surface area (Å²) in [5, 5.41) is 3.72. The van der Waals surface area contributed by atoms with E-state index < -0.39 is 0 Å². The van der Waals surface area contributed by atoms with Gasteiger partial charge in [0, 0.05) is 6.04 Å². The second-order valence-corrected chi connectivity index (χ2v) is 5.34. The highest BCUT2D eigenvalue weighted by atomic mass is 35.5. The van der Waals surface area contributed by atoms with Crippen LogP contribution in [-0.4, -0.2) is 6.54 Å². The fourth-order valence-corrected chi connectivity index (χ4v) is 2.14. The summed E-state index contributed by atoms with van der Waals surface area (Å²) in [6.45, 7) is 7.55. The first-order valence-corrected chi connectivity index (χ1v) is 7.14. The van der Waals surface area contributed by atoms with Crippen molar-refractivity contribution < 1.29 is 4.39 Å². The van der Waals surface area contributed by atoms with E-state index in [4.69, 9.17) is 11.6 Å². The monoisotopic (exact) mass is 271 g/mol. The highest BCUT2D eigenvalue weighted by Crippen LogP contribution is 2.26. The molecule has 0 bridgehead atoms. The van der Waals surface area contributed by atoms with Gasteiger partial charge in [0.05, 0.1) is 5.02 Å². The molecule has 3 heteroatoms. The molecule has 2 atom stereocenters. The van der Waals surface area contributed by atoms with Crippen LogP contribution < -0.4 is 5.32 Å². The van der Waals surface area contributed by atoms with Crippen molar-refractivity contribution in [1.82, 2.24) is 5.32 Å². The van der Waals surface area contributed by atoms with E-state index in [0.717, 1.165) is 31.4 Å². The zero-order chi connectivity index (χ0) is 13.5. The Hall–Kier alpha value is -0.600. The zero-order valence-corrected chi connectivity index (χ0v) is 12.2. The molecule has 1 N–H and O–H groups in total. The van der Waals surface area contributed by atoms with Crippen LogP contribution in [0.5, 0.6) is 0 Å². The SMILES string of the molecule is CCCNC(CC(C)CC)c1ccc(F)c(Cl)c1. The van der Waals surface area contributed by atoms with Crippen LogP contribution in [0.4, 0.5) is 4.39 Å². The number of halogens is 2. The molecule has 0 radical (unpaired) electrons. The van der Waals surface area contributed by atoms with Gasteiger partial charge in [0.2, 0.25) is 0 Å². The van der Waals surface area contributed by atoms with Crippen molar-refractivity contribution in [3.05, 3.63) is 34.6 Å². The Morgan fingerprint density at radius 1 is 1.33 bits per heavy atom. The van der Waals surface area contributed by atoms with Crippen LogP contribution in [0.2, 0.25) is 5.02 Å². The summed E-state index contributed by atoms with van der Waals surface area (Å²) in [7, 11) is 0.